The molecule has 66 valence electrons. The maximum Gasteiger partial charge on any atom is -0.0268 e. The second-order valence-corrected chi connectivity index (χ2v) is 3.31. The van der Waals surface area contributed by atoms with E-state index in [1.807, 2.05) is 0 Å². The van der Waals surface area contributed by atoms with Crippen LogP contribution >= 0.6 is 0 Å². The molecule has 0 aromatic carbocycles. The fourth-order valence-electron chi connectivity index (χ4n) is 1.82. The van der Waals surface area contributed by atoms with E-state index in [0.29, 0.717) is 0 Å². The Hall–Kier alpha value is -0.780. The Morgan fingerprint density at radius 1 is 1.50 bits per heavy atom. The lowest BCUT2D eigenvalue weighted by Gasteiger charge is -2.16. The molecule has 0 saturated carbocycles. The van der Waals surface area contributed by atoms with E-state index in [9.17, 15) is 0 Å². The second kappa shape index (κ2) is 4.30. The summed E-state index contributed by atoms with van der Waals surface area (Å²) in [6.07, 6.45) is 10.3. The number of hydrogen-bond acceptors (Lipinski definition) is 0. The first kappa shape index (κ1) is 9.31. The third-order valence-corrected chi connectivity index (χ3v) is 2.45. The third kappa shape index (κ3) is 1.88. The van der Waals surface area contributed by atoms with Gasteiger partial charge < -0.3 is 0 Å². The average Bonchev–Trinajstić information content (AvgIpc) is 2.05. The Labute approximate surface area is 75.7 Å². The van der Waals surface area contributed by atoms with E-state index in [2.05, 4.69) is 39.0 Å². The summed E-state index contributed by atoms with van der Waals surface area (Å²) in [5.74, 6) is 0. The average molecular weight is 162 g/mol. The lowest BCUT2D eigenvalue weighted by Crippen LogP contribution is -1.96. The van der Waals surface area contributed by atoms with Crippen LogP contribution < -0.4 is 0 Å². The zero-order chi connectivity index (χ0) is 8.97. The first-order valence-corrected chi connectivity index (χ1v) is 4.81. The van der Waals surface area contributed by atoms with Crippen LogP contribution in [0.15, 0.2) is 34.9 Å². The van der Waals surface area contributed by atoms with Crippen molar-refractivity contribution < 1.29 is 0 Å². The monoisotopic (exact) mass is 162 g/mol. The van der Waals surface area contributed by atoms with Gasteiger partial charge in [-0.2, -0.15) is 0 Å². The summed E-state index contributed by atoms with van der Waals surface area (Å²) < 4.78 is 0. The topological polar surface area (TPSA) is 0 Å². The van der Waals surface area contributed by atoms with Crippen molar-refractivity contribution in [3.63, 3.8) is 0 Å². The van der Waals surface area contributed by atoms with Gasteiger partial charge >= 0.3 is 0 Å². The van der Waals surface area contributed by atoms with Crippen molar-refractivity contribution in [2.45, 2.75) is 40.0 Å². The number of rotatable bonds is 2. The zero-order valence-corrected chi connectivity index (χ0v) is 8.35. The summed E-state index contributed by atoms with van der Waals surface area (Å²) in [5.41, 5.74) is 4.58. The van der Waals surface area contributed by atoms with E-state index in [0.717, 1.165) is 0 Å². The van der Waals surface area contributed by atoms with Gasteiger partial charge in [-0.05, 0) is 44.3 Å². The molecule has 1 aliphatic carbocycles. The van der Waals surface area contributed by atoms with E-state index in [4.69, 9.17) is 0 Å². The molecule has 1 aliphatic rings. The van der Waals surface area contributed by atoms with Gasteiger partial charge in [-0.1, -0.05) is 30.7 Å². The predicted octanol–water partition coefficient (Wildman–Crippen LogP) is 4.01. The maximum absolute atomic E-state index is 2.35. The van der Waals surface area contributed by atoms with Gasteiger partial charge in [0, 0.05) is 0 Å². The molecular formula is C12H18. The largest absolute Gasteiger partial charge is 0.0871 e. The Morgan fingerprint density at radius 3 is 2.83 bits per heavy atom. The quantitative estimate of drug-likeness (QED) is 0.575. The molecule has 0 N–H and O–H groups in total. The normalized spacial score (nSPS) is 18.8. The first-order chi connectivity index (χ1) is 5.79. The molecule has 0 atom stereocenters. The van der Waals surface area contributed by atoms with Gasteiger partial charge in [0.25, 0.3) is 0 Å². The highest BCUT2D eigenvalue weighted by Crippen LogP contribution is 2.27. The van der Waals surface area contributed by atoms with Gasteiger partial charge in [0.05, 0.1) is 0 Å². The molecule has 0 heteroatoms. The van der Waals surface area contributed by atoms with Crippen LogP contribution in [0.25, 0.3) is 0 Å². The van der Waals surface area contributed by atoms with Gasteiger partial charge in [0.15, 0.2) is 0 Å². The third-order valence-electron chi connectivity index (χ3n) is 2.45. The van der Waals surface area contributed by atoms with E-state index in [-0.39, 0.29) is 0 Å². The molecule has 0 spiro atoms. The fraction of sp³-hybridized carbons (Fsp3) is 0.500. The van der Waals surface area contributed by atoms with Crippen LogP contribution in [0.3, 0.4) is 0 Å². The van der Waals surface area contributed by atoms with E-state index >= 15 is 0 Å². The van der Waals surface area contributed by atoms with Gasteiger partial charge in [0.1, 0.15) is 0 Å². The van der Waals surface area contributed by atoms with Crippen LogP contribution in [0.4, 0.5) is 0 Å². The molecule has 0 nitrogen and oxygen atoms in total. The molecule has 1 rings (SSSR count). The highest BCUT2D eigenvalue weighted by atomic mass is 14.1. The SMILES string of the molecule is CC=CC1=CCCC(C)=C1CC. The summed E-state index contributed by atoms with van der Waals surface area (Å²) in [5, 5.41) is 0. The number of allylic oxidation sites excluding steroid dienone is 6. The zero-order valence-electron chi connectivity index (χ0n) is 8.35. The molecule has 0 heterocycles. The summed E-state index contributed by atoms with van der Waals surface area (Å²) >= 11 is 0. The summed E-state index contributed by atoms with van der Waals surface area (Å²) in [6, 6.07) is 0. The van der Waals surface area contributed by atoms with Crippen molar-refractivity contribution in [3.8, 4) is 0 Å². The van der Waals surface area contributed by atoms with Crippen LogP contribution in [-0.2, 0) is 0 Å². The van der Waals surface area contributed by atoms with Crippen molar-refractivity contribution in [1.29, 1.82) is 0 Å². The molecule has 12 heavy (non-hydrogen) atoms. The Kier molecular flexibility index (Phi) is 3.33. The molecule has 0 aliphatic heterocycles. The van der Waals surface area contributed by atoms with Crippen molar-refractivity contribution in [1.82, 2.24) is 0 Å². The van der Waals surface area contributed by atoms with E-state index in [1.54, 1.807) is 11.1 Å². The van der Waals surface area contributed by atoms with Gasteiger partial charge in [-0.15, -0.1) is 0 Å². The molecule has 0 radical (unpaired) electrons. The maximum atomic E-state index is 2.35. The van der Waals surface area contributed by atoms with Crippen LogP contribution in [0.5, 0.6) is 0 Å². The molecule has 0 aromatic rings. The van der Waals surface area contributed by atoms with Crippen molar-refractivity contribution >= 4 is 0 Å². The lowest BCUT2D eigenvalue weighted by atomic mass is 9.90. The van der Waals surface area contributed by atoms with Gasteiger partial charge in [0.2, 0.25) is 0 Å². The highest BCUT2D eigenvalue weighted by molar-refractivity contribution is 5.44. The molecule has 0 bridgehead atoms. The van der Waals surface area contributed by atoms with Crippen LogP contribution in [0.1, 0.15) is 40.0 Å². The second-order valence-electron chi connectivity index (χ2n) is 3.31. The first-order valence-electron chi connectivity index (χ1n) is 4.81. The van der Waals surface area contributed by atoms with Gasteiger partial charge in [-0.3, -0.25) is 0 Å². The smallest absolute Gasteiger partial charge is 0.0268 e. The van der Waals surface area contributed by atoms with Crippen LogP contribution in [0, 0.1) is 0 Å². The molecule has 0 aromatic heterocycles. The van der Waals surface area contributed by atoms with E-state index < -0.39 is 0 Å². The highest BCUT2D eigenvalue weighted by Gasteiger charge is 2.08. The lowest BCUT2D eigenvalue weighted by molar-refractivity contribution is 0.898. The predicted molar refractivity (Wildman–Crippen MR) is 55.1 cm³/mol. The van der Waals surface area contributed by atoms with Crippen LogP contribution in [-0.4, -0.2) is 0 Å². The van der Waals surface area contributed by atoms with Crippen molar-refractivity contribution in [2.75, 3.05) is 0 Å². The fourth-order valence-corrected chi connectivity index (χ4v) is 1.82. The molecule has 0 unspecified atom stereocenters. The summed E-state index contributed by atoms with van der Waals surface area (Å²) in [6.45, 7) is 6.58. The van der Waals surface area contributed by atoms with Crippen molar-refractivity contribution in [3.05, 3.63) is 34.9 Å². The summed E-state index contributed by atoms with van der Waals surface area (Å²) in [7, 11) is 0. The minimum absolute atomic E-state index is 1.17. The van der Waals surface area contributed by atoms with Gasteiger partial charge in [-0.25, -0.2) is 0 Å². The molecule has 0 amide bonds. The van der Waals surface area contributed by atoms with Crippen LogP contribution in [0.2, 0.25) is 0 Å². The standard InChI is InChI=1S/C12H18/c1-4-7-11-9-6-8-10(3)12(11)5-2/h4,7,9H,5-6,8H2,1-3H3. The summed E-state index contributed by atoms with van der Waals surface area (Å²) in [4.78, 5) is 0. The Balaban J connectivity index is 2.92. The number of hydrogen-bond donors (Lipinski definition) is 0. The molecule has 0 saturated heterocycles. The minimum atomic E-state index is 1.17. The molecular weight excluding hydrogens is 144 g/mol. The minimum Gasteiger partial charge on any atom is -0.0871 e. The van der Waals surface area contributed by atoms with Crippen molar-refractivity contribution in [2.24, 2.45) is 0 Å². The van der Waals surface area contributed by atoms with E-state index in [1.165, 1.54) is 24.8 Å². The Bertz CT molecular complexity index is 239. The molecule has 0 fully saturated rings. The Morgan fingerprint density at radius 2 is 2.25 bits per heavy atom.